The first kappa shape index (κ1) is 25.9. The average Bonchev–Trinajstić information content (AvgIpc) is 3.14. The number of esters is 1. The number of benzene rings is 1. The SMILES string of the molecule is CCOP(=O)(OCC)C(Cc1nc(C2(c3ccc(Cl)cc3)CCC2)no1)C(=O)OC(C)(C)C. The summed E-state index contributed by atoms with van der Waals surface area (Å²) in [5.74, 6) is 0.0286. The fourth-order valence-electron chi connectivity index (χ4n) is 3.91. The lowest BCUT2D eigenvalue weighted by atomic mass is 9.64. The van der Waals surface area contributed by atoms with E-state index in [1.165, 1.54) is 0 Å². The number of ether oxygens (including phenoxy) is 1. The van der Waals surface area contributed by atoms with E-state index in [1.807, 2.05) is 24.3 Å². The van der Waals surface area contributed by atoms with Gasteiger partial charge in [-0.15, -0.1) is 0 Å². The number of carbonyl (C=O) groups is 1. The van der Waals surface area contributed by atoms with E-state index in [9.17, 15) is 9.36 Å². The Balaban J connectivity index is 1.91. The van der Waals surface area contributed by atoms with Crippen LogP contribution in [-0.2, 0) is 35.0 Å². The second-order valence-electron chi connectivity index (χ2n) is 9.08. The van der Waals surface area contributed by atoms with Crippen molar-refractivity contribution in [2.45, 2.75) is 77.0 Å². The summed E-state index contributed by atoms with van der Waals surface area (Å²) in [6.07, 6.45) is 2.67. The van der Waals surface area contributed by atoms with Crippen LogP contribution in [0.1, 0.15) is 71.2 Å². The third kappa shape index (κ3) is 5.86. The van der Waals surface area contributed by atoms with Crippen molar-refractivity contribution in [2.75, 3.05) is 13.2 Å². The maximum atomic E-state index is 13.5. The van der Waals surface area contributed by atoms with E-state index in [1.54, 1.807) is 34.6 Å². The Labute approximate surface area is 199 Å². The van der Waals surface area contributed by atoms with Crippen LogP contribution in [0.4, 0.5) is 0 Å². The van der Waals surface area contributed by atoms with Crippen LogP contribution in [0.15, 0.2) is 28.8 Å². The van der Waals surface area contributed by atoms with Crippen LogP contribution in [0.25, 0.3) is 0 Å². The molecule has 1 heterocycles. The summed E-state index contributed by atoms with van der Waals surface area (Å²) in [6, 6.07) is 7.63. The Morgan fingerprint density at radius 2 is 1.79 bits per heavy atom. The zero-order chi connectivity index (χ0) is 24.3. The molecule has 1 atom stereocenters. The molecule has 0 bridgehead atoms. The smallest absolute Gasteiger partial charge is 0.345 e. The van der Waals surface area contributed by atoms with Gasteiger partial charge in [-0.25, -0.2) is 0 Å². The maximum absolute atomic E-state index is 13.5. The van der Waals surface area contributed by atoms with Crippen molar-refractivity contribution in [1.29, 1.82) is 0 Å². The van der Waals surface area contributed by atoms with Gasteiger partial charge in [0.15, 0.2) is 11.5 Å². The summed E-state index contributed by atoms with van der Waals surface area (Å²) < 4.78 is 35.5. The number of hydrogen-bond acceptors (Lipinski definition) is 8. The number of halogens is 1. The maximum Gasteiger partial charge on any atom is 0.345 e. The van der Waals surface area contributed by atoms with Gasteiger partial charge in [0.25, 0.3) is 0 Å². The summed E-state index contributed by atoms with van der Waals surface area (Å²) in [6.45, 7) is 8.84. The first-order chi connectivity index (χ1) is 15.5. The number of rotatable bonds is 10. The quantitative estimate of drug-likeness (QED) is 0.303. The van der Waals surface area contributed by atoms with E-state index in [-0.39, 0.29) is 30.9 Å². The van der Waals surface area contributed by atoms with E-state index in [0.717, 1.165) is 24.8 Å². The van der Waals surface area contributed by atoms with E-state index >= 15 is 0 Å². The van der Waals surface area contributed by atoms with Gasteiger partial charge in [-0.1, -0.05) is 35.3 Å². The van der Waals surface area contributed by atoms with Gasteiger partial charge in [0, 0.05) is 5.02 Å². The van der Waals surface area contributed by atoms with Crippen molar-refractivity contribution < 1.29 is 27.7 Å². The molecular formula is C23H32ClN2O6P. The monoisotopic (exact) mass is 498 g/mol. The minimum absolute atomic E-state index is 0.115. The molecule has 0 amide bonds. The predicted octanol–water partition coefficient (Wildman–Crippen LogP) is 5.71. The third-order valence-corrected chi connectivity index (χ3v) is 8.19. The van der Waals surface area contributed by atoms with Gasteiger partial charge in [0.05, 0.1) is 25.0 Å². The second kappa shape index (κ2) is 10.3. The molecular weight excluding hydrogens is 467 g/mol. The van der Waals surface area contributed by atoms with Crippen LogP contribution in [0.3, 0.4) is 0 Å². The van der Waals surface area contributed by atoms with Gasteiger partial charge in [-0.3, -0.25) is 9.36 Å². The summed E-state index contributed by atoms with van der Waals surface area (Å²) in [5, 5.41) is 4.88. The van der Waals surface area contributed by atoms with Crippen LogP contribution in [-0.4, -0.2) is 40.6 Å². The third-order valence-electron chi connectivity index (χ3n) is 5.55. The number of nitrogens with zero attached hydrogens (tertiary/aromatic N) is 2. The molecule has 1 aliphatic carbocycles. The van der Waals surface area contributed by atoms with Gasteiger partial charge in [-0.2, -0.15) is 4.98 Å². The first-order valence-electron chi connectivity index (χ1n) is 11.2. The lowest BCUT2D eigenvalue weighted by Gasteiger charge is -2.39. The topological polar surface area (TPSA) is 101 Å². The van der Waals surface area contributed by atoms with Crippen LogP contribution in [0, 0.1) is 0 Å². The summed E-state index contributed by atoms with van der Waals surface area (Å²) in [4.78, 5) is 17.6. The number of hydrogen-bond donors (Lipinski definition) is 0. The molecule has 33 heavy (non-hydrogen) atoms. The Bertz CT molecular complexity index is 987. The molecule has 3 rings (SSSR count). The Hall–Kier alpha value is -1.73. The molecule has 1 unspecified atom stereocenters. The molecule has 0 radical (unpaired) electrons. The van der Waals surface area contributed by atoms with Crippen molar-refractivity contribution in [3.05, 3.63) is 46.6 Å². The van der Waals surface area contributed by atoms with Gasteiger partial charge < -0.3 is 18.3 Å². The van der Waals surface area contributed by atoms with E-state index in [0.29, 0.717) is 10.8 Å². The molecule has 1 fully saturated rings. The van der Waals surface area contributed by atoms with Gasteiger partial charge >= 0.3 is 13.6 Å². The molecule has 0 saturated heterocycles. The zero-order valence-corrected chi connectivity index (χ0v) is 21.4. The minimum Gasteiger partial charge on any atom is -0.459 e. The molecule has 0 spiro atoms. The highest BCUT2D eigenvalue weighted by atomic mass is 35.5. The van der Waals surface area contributed by atoms with E-state index in [2.05, 4.69) is 10.1 Å². The molecule has 10 heteroatoms. The van der Waals surface area contributed by atoms with Crippen LogP contribution < -0.4 is 0 Å². The van der Waals surface area contributed by atoms with Crippen molar-refractivity contribution in [1.82, 2.24) is 10.1 Å². The van der Waals surface area contributed by atoms with Crippen molar-refractivity contribution >= 4 is 25.2 Å². The molecule has 0 aliphatic heterocycles. The van der Waals surface area contributed by atoms with Gasteiger partial charge in [0.2, 0.25) is 5.89 Å². The molecule has 1 aromatic heterocycles. The molecule has 1 saturated carbocycles. The lowest BCUT2D eigenvalue weighted by molar-refractivity contribution is -0.154. The highest BCUT2D eigenvalue weighted by molar-refractivity contribution is 7.55. The van der Waals surface area contributed by atoms with Crippen LogP contribution in [0.2, 0.25) is 5.02 Å². The summed E-state index contributed by atoms with van der Waals surface area (Å²) in [7, 11) is -3.84. The van der Waals surface area contributed by atoms with Crippen molar-refractivity contribution in [3.8, 4) is 0 Å². The van der Waals surface area contributed by atoms with E-state index in [4.69, 9.17) is 29.9 Å². The molecule has 0 N–H and O–H groups in total. The van der Waals surface area contributed by atoms with Gasteiger partial charge in [0.1, 0.15) is 5.60 Å². The fraction of sp³-hybridized carbons (Fsp3) is 0.609. The normalized spacial score (nSPS) is 16.8. The predicted molar refractivity (Wildman–Crippen MR) is 125 cm³/mol. The highest BCUT2D eigenvalue weighted by Crippen LogP contribution is 2.55. The van der Waals surface area contributed by atoms with Crippen molar-refractivity contribution in [3.63, 3.8) is 0 Å². The van der Waals surface area contributed by atoms with Crippen LogP contribution in [0.5, 0.6) is 0 Å². The Morgan fingerprint density at radius 1 is 1.18 bits per heavy atom. The highest BCUT2D eigenvalue weighted by Gasteiger charge is 2.47. The second-order valence-corrected chi connectivity index (χ2v) is 11.7. The first-order valence-corrected chi connectivity index (χ1v) is 13.2. The largest absolute Gasteiger partial charge is 0.459 e. The van der Waals surface area contributed by atoms with E-state index < -0.39 is 24.8 Å². The number of carbonyl (C=O) groups excluding carboxylic acids is 1. The summed E-state index contributed by atoms with van der Waals surface area (Å²) >= 11 is 6.06. The Morgan fingerprint density at radius 3 is 2.27 bits per heavy atom. The van der Waals surface area contributed by atoms with Gasteiger partial charge in [-0.05, 0) is 65.2 Å². The molecule has 182 valence electrons. The standard InChI is InChI=1S/C23H32ClN2O6P/c1-6-29-33(28,30-7-2)18(20(27)31-22(3,4)5)15-19-25-21(26-32-19)23(13-8-14-23)16-9-11-17(24)12-10-16/h9-12,18H,6-8,13-15H2,1-5H3. The molecule has 1 aliphatic rings. The fourth-order valence-corrected chi connectivity index (χ4v) is 5.88. The summed E-state index contributed by atoms with van der Waals surface area (Å²) in [5.41, 5.74) is -1.30. The lowest BCUT2D eigenvalue weighted by Crippen LogP contribution is -2.36. The van der Waals surface area contributed by atoms with Crippen LogP contribution >= 0.6 is 19.2 Å². The number of aromatic nitrogens is 2. The Kier molecular flexibility index (Phi) is 8.05. The average molecular weight is 499 g/mol. The molecule has 1 aromatic carbocycles. The zero-order valence-electron chi connectivity index (χ0n) is 19.8. The van der Waals surface area contributed by atoms with Crippen molar-refractivity contribution in [2.24, 2.45) is 0 Å². The minimum atomic E-state index is -3.84. The molecule has 8 nitrogen and oxygen atoms in total. The molecule has 2 aromatic rings.